The van der Waals surface area contributed by atoms with E-state index in [1.807, 2.05) is 0 Å². The predicted molar refractivity (Wildman–Crippen MR) is 83.1 cm³/mol. The quantitative estimate of drug-likeness (QED) is 0.609. The van der Waals surface area contributed by atoms with Crippen LogP contribution in [0.5, 0.6) is 0 Å². The Morgan fingerprint density at radius 3 is 2.57 bits per heavy atom. The molecule has 0 aromatic carbocycles. The molecule has 1 saturated heterocycles. The number of amides is 1. The number of aliphatic carboxylic acids is 1. The van der Waals surface area contributed by atoms with E-state index in [2.05, 4.69) is 31.4 Å². The van der Waals surface area contributed by atoms with Crippen LogP contribution in [0.4, 0.5) is 0 Å². The summed E-state index contributed by atoms with van der Waals surface area (Å²) in [5.41, 5.74) is -0.294. The lowest BCUT2D eigenvalue weighted by molar-refractivity contribution is -0.137. The fourth-order valence-electron chi connectivity index (χ4n) is 3.02. The van der Waals surface area contributed by atoms with Crippen LogP contribution in [-0.2, 0) is 9.59 Å². The van der Waals surface area contributed by atoms with Gasteiger partial charge in [-0.3, -0.25) is 9.59 Å². The van der Waals surface area contributed by atoms with Crippen LogP contribution in [0.25, 0.3) is 0 Å². The summed E-state index contributed by atoms with van der Waals surface area (Å²) in [6.07, 6.45) is 4.48. The number of carbonyl (C=O) groups is 2. The lowest BCUT2D eigenvalue weighted by atomic mass is 9.81. The van der Waals surface area contributed by atoms with Crippen molar-refractivity contribution in [1.29, 1.82) is 0 Å². The Balaban J connectivity index is 2.40. The van der Waals surface area contributed by atoms with Gasteiger partial charge in [0.15, 0.2) is 0 Å². The Morgan fingerprint density at radius 1 is 1.33 bits per heavy atom. The molecule has 0 aromatic heterocycles. The van der Waals surface area contributed by atoms with Crippen LogP contribution in [0.3, 0.4) is 0 Å². The van der Waals surface area contributed by atoms with Gasteiger partial charge in [-0.15, -0.1) is 0 Å². The van der Waals surface area contributed by atoms with Gasteiger partial charge in [-0.1, -0.05) is 27.2 Å². The summed E-state index contributed by atoms with van der Waals surface area (Å²) in [5, 5.41) is 15.1. The van der Waals surface area contributed by atoms with Crippen LogP contribution >= 0.6 is 0 Å². The van der Waals surface area contributed by atoms with E-state index in [9.17, 15) is 9.59 Å². The maximum atomic E-state index is 12.5. The topological polar surface area (TPSA) is 78.4 Å². The van der Waals surface area contributed by atoms with Gasteiger partial charge in [0.05, 0.1) is 5.41 Å². The molecule has 1 heterocycles. The summed E-state index contributed by atoms with van der Waals surface area (Å²) >= 11 is 0. The summed E-state index contributed by atoms with van der Waals surface area (Å²) in [5.74, 6) is -0.602. The fraction of sp³-hybridized carbons (Fsp3) is 0.875. The van der Waals surface area contributed by atoms with Gasteiger partial charge in [0.25, 0.3) is 0 Å². The molecule has 0 aromatic rings. The molecule has 1 atom stereocenters. The van der Waals surface area contributed by atoms with Crippen molar-refractivity contribution < 1.29 is 14.7 Å². The maximum absolute atomic E-state index is 12.5. The average Bonchev–Trinajstić information content (AvgIpc) is 2.86. The SMILES string of the molecule is CCCC1(C(=O)NCCC(C)(C)CCC(=O)O)CCNC1. The largest absolute Gasteiger partial charge is 0.481 e. The molecule has 0 bridgehead atoms. The molecule has 1 rings (SSSR count). The van der Waals surface area contributed by atoms with Gasteiger partial charge in [0.2, 0.25) is 5.91 Å². The molecule has 0 aliphatic carbocycles. The van der Waals surface area contributed by atoms with Crippen LogP contribution in [-0.4, -0.2) is 36.6 Å². The highest BCUT2D eigenvalue weighted by Crippen LogP contribution is 2.31. The van der Waals surface area contributed by atoms with Gasteiger partial charge in [-0.05, 0) is 37.6 Å². The normalized spacial score (nSPS) is 22.2. The minimum Gasteiger partial charge on any atom is -0.481 e. The first-order valence-corrected chi connectivity index (χ1v) is 8.02. The van der Waals surface area contributed by atoms with Crippen molar-refractivity contribution in [2.24, 2.45) is 10.8 Å². The molecule has 0 radical (unpaired) electrons. The van der Waals surface area contributed by atoms with Crippen molar-refractivity contribution in [3.63, 3.8) is 0 Å². The number of hydrogen-bond donors (Lipinski definition) is 3. The van der Waals surface area contributed by atoms with Crippen molar-refractivity contribution in [1.82, 2.24) is 10.6 Å². The van der Waals surface area contributed by atoms with E-state index in [0.717, 1.165) is 38.8 Å². The highest BCUT2D eigenvalue weighted by Gasteiger charge is 2.40. The molecule has 5 heteroatoms. The highest BCUT2D eigenvalue weighted by molar-refractivity contribution is 5.83. The van der Waals surface area contributed by atoms with Crippen molar-refractivity contribution >= 4 is 11.9 Å². The second-order valence-corrected chi connectivity index (χ2v) is 7.02. The van der Waals surface area contributed by atoms with Gasteiger partial charge in [-0.25, -0.2) is 0 Å². The third kappa shape index (κ3) is 5.65. The van der Waals surface area contributed by atoms with E-state index in [1.165, 1.54) is 0 Å². The zero-order chi connectivity index (χ0) is 15.9. The molecule has 122 valence electrons. The molecule has 21 heavy (non-hydrogen) atoms. The lowest BCUT2D eigenvalue weighted by Gasteiger charge is -2.28. The predicted octanol–water partition coefficient (Wildman–Crippen LogP) is 2.16. The van der Waals surface area contributed by atoms with E-state index < -0.39 is 5.97 Å². The van der Waals surface area contributed by atoms with E-state index in [1.54, 1.807) is 0 Å². The van der Waals surface area contributed by atoms with Crippen LogP contribution in [0.1, 0.15) is 59.3 Å². The Hall–Kier alpha value is -1.10. The standard InChI is InChI=1S/C16H30N2O3/c1-4-6-16(9-10-17-12-16)14(21)18-11-8-15(2,3)7-5-13(19)20/h17H,4-12H2,1-3H3,(H,18,21)(H,19,20). The number of carbonyl (C=O) groups excluding carboxylic acids is 1. The van der Waals surface area contributed by atoms with Gasteiger partial charge < -0.3 is 15.7 Å². The second-order valence-electron chi connectivity index (χ2n) is 7.02. The van der Waals surface area contributed by atoms with Crippen molar-refractivity contribution in [3.05, 3.63) is 0 Å². The Morgan fingerprint density at radius 2 is 2.05 bits per heavy atom. The minimum atomic E-state index is -0.758. The zero-order valence-electron chi connectivity index (χ0n) is 13.6. The highest BCUT2D eigenvalue weighted by atomic mass is 16.4. The summed E-state index contributed by atoms with van der Waals surface area (Å²) in [6, 6.07) is 0. The number of carboxylic acid groups (broad SMARTS) is 1. The Kier molecular flexibility index (Phi) is 6.65. The lowest BCUT2D eigenvalue weighted by Crippen LogP contribution is -2.43. The second kappa shape index (κ2) is 7.78. The van der Waals surface area contributed by atoms with E-state index in [0.29, 0.717) is 13.0 Å². The first-order valence-electron chi connectivity index (χ1n) is 8.02. The molecular weight excluding hydrogens is 268 g/mol. The minimum absolute atomic E-state index is 0.0580. The molecule has 5 nitrogen and oxygen atoms in total. The molecule has 0 spiro atoms. The van der Waals surface area contributed by atoms with Crippen LogP contribution < -0.4 is 10.6 Å². The molecule has 1 aliphatic heterocycles. The number of nitrogens with one attached hydrogen (secondary N) is 2. The van der Waals surface area contributed by atoms with E-state index in [4.69, 9.17) is 5.11 Å². The summed E-state index contributed by atoms with van der Waals surface area (Å²) in [4.78, 5) is 23.1. The van der Waals surface area contributed by atoms with Gasteiger partial charge in [0, 0.05) is 19.5 Å². The number of carboxylic acids is 1. The van der Waals surface area contributed by atoms with Crippen molar-refractivity contribution in [3.8, 4) is 0 Å². The Bertz CT molecular complexity index is 361. The molecule has 0 saturated carbocycles. The first-order chi connectivity index (χ1) is 9.81. The molecule has 1 unspecified atom stereocenters. The number of rotatable bonds is 9. The summed E-state index contributed by atoms with van der Waals surface area (Å²) < 4.78 is 0. The molecule has 3 N–H and O–H groups in total. The average molecular weight is 298 g/mol. The summed E-state index contributed by atoms with van der Waals surface area (Å²) in [7, 11) is 0. The fourth-order valence-corrected chi connectivity index (χ4v) is 3.02. The third-order valence-electron chi connectivity index (χ3n) is 4.56. The van der Waals surface area contributed by atoms with Crippen LogP contribution in [0.15, 0.2) is 0 Å². The maximum Gasteiger partial charge on any atom is 0.303 e. The van der Waals surface area contributed by atoms with E-state index >= 15 is 0 Å². The first kappa shape index (κ1) is 18.0. The molecule has 1 aliphatic rings. The smallest absolute Gasteiger partial charge is 0.303 e. The van der Waals surface area contributed by atoms with Crippen molar-refractivity contribution in [2.45, 2.75) is 59.3 Å². The van der Waals surface area contributed by atoms with Gasteiger partial charge >= 0.3 is 5.97 Å². The monoisotopic (exact) mass is 298 g/mol. The van der Waals surface area contributed by atoms with Crippen LogP contribution in [0, 0.1) is 10.8 Å². The summed E-state index contributed by atoms with van der Waals surface area (Å²) in [6.45, 7) is 8.54. The zero-order valence-corrected chi connectivity index (χ0v) is 13.6. The molecule has 1 fully saturated rings. The van der Waals surface area contributed by atoms with Crippen LogP contribution in [0.2, 0.25) is 0 Å². The Labute approximate surface area is 127 Å². The van der Waals surface area contributed by atoms with Gasteiger partial charge in [0.1, 0.15) is 0 Å². The third-order valence-corrected chi connectivity index (χ3v) is 4.56. The van der Waals surface area contributed by atoms with Crippen molar-refractivity contribution in [2.75, 3.05) is 19.6 Å². The number of hydrogen-bond acceptors (Lipinski definition) is 3. The van der Waals surface area contributed by atoms with Gasteiger partial charge in [-0.2, -0.15) is 0 Å². The molecular formula is C16H30N2O3. The van der Waals surface area contributed by atoms with E-state index in [-0.39, 0.29) is 23.2 Å². The molecule has 1 amide bonds.